The highest BCUT2D eigenvalue weighted by Gasteiger charge is 2.39. The molecule has 2 unspecified atom stereocenters. The number of carbonyl (C=O) groups excluding carboxylic acids is 2. The highest BCUT2D eigenvalue weighted by Crippen LogP contribution is 2.38. The number of hydrogen-bond acceptors (Lipinski definition) is 10. The number of carbonyl (C=O) groups is 2. The van der Waals surface area contributed by atoms with Gasteiger partial charge in [0, 0.05) is 63.0 Å². The molecule has 2 aromatic carbocycles. The van der Waals surface area contributed by atoms with Gasteiger partial charge in [0.2, 0.25) is 0 Å². The SMILES string of the molecule is CCOc1c(C(=O)NS(=O)(=O)N2CC3CCC(C3)C2)ccc(C(=O)N2CCc3c(c(=O)oc4c(C)c(N5CCN(C)[C@@H](COC)C5)cc(C)c34)C2)c1F. The van der Waals surface area contributed by atoms with Gasteiger partial charge in [0.1, 0.15) is 5.58 Å². The molecule has 3 aromatic rings. The number of aryl methyl sites for hydroxylation is 2. The van der Waals surface area contributed by atoms with Gasteiger partial charge in [-0.15, -0.1) is 0 Å². The van der Waals surface area contributed by atoms with Crippen LogP contribution in [0, 0.1) is 31.5 Å². The topological polar surface area (TPSA) is 142 Å². The Kier molecular flexibility index (Phi) is 10.3. The number of anilines is 1. The lowest BCUT2D eigenvalue weighted by molar-refractivity contribution is 0.0726. The Labute approximate surface area is 309 Å². The van der Waals surface area contributed by atoms with Gasteiger partial charge < -0.3 is 23.7 Å². The lowest BCUT2D eigenvalue weighted by atomic mass is 9.92. The first-order chi connectivity index (χ1) is 25.3. The Bertz CT molecular complexity index is 2110. The average Bonchev–Trinajstić information content (AvgIpc) is 3.47. The molecule has 53 heavy (non-hydrogen) atoms. The van der Waals surface area contributed by atoms with E-state index in [-0.39, 0.29) is 48.7 Å². The fourth-order valence-corrected chi connectivity index (χ4v) is 10.0. The number of methoxy groups -OCH3 is 1. The standard InChI is InChI=1S/C38H48FN5O8S/c1-6-51-35-29(36(45)40-53(48,49)44-17-24-7-8-25(16-24)18-44)10-9-28(33(35)39)37(46)43-12-11-27-30(20-43)38(47)52-34-23(3)31(15-22(2)32(27)34)42-14-13-41(4)26(19-42)21-50-5/h9-10,15,24-26H,6-8,11-14,16-21H2,1-5H3,(H,40,45)/t24?,25?,26-/m1/s1. The van der Waals surface area contributed by atoms with Crippen molar-refractivity contribution in [2.45, 2.75) is 59.0 Å². The monoisotopic (exact) mass is 753 g/mol. The van der Waals surface area contributed by atoms with Crippen molar-refractivity contribution in [3.8, 4) is 5.75 Å². The lowest BCUT2D eigenvalue weighted by Gasteiger charge is -2.41. The van der Waals surface area contributed by atoms with E-state index in [4.69, 9.17) is 13.9 Å². The fourth-order valence-electron chi connectivity index (χ4n) is 8.74. The molecule has 0 spiro atoms. The summed E-state index contributed by atoms with van der Waals surface area (Å²) < 4.78 is 62.8. The number of ether oxygens (including phenoxy) is 2. The van der Waals surface area contributed by atoms with E-state index in [1.165, 1.54) is 15.3 Å². The van der Waals surface area contributed by atoms with E-state index in [0.717, 1.165) is 72.7 Å². The van der Waals surface area contributed by atoms with Crippen molar-refractivity contribution >= 4 is 38.7 Å². The molecule has 2 saturated heterocycles. The number of piperidine rings is 1. The molecule has 4 aliphatic rings. The molecular weight excluding hydrogens is 706 g/mol. The maximum Gasteiger partial charge on any atom is 0.341 e. The van der Waals surface area contributed by atoms with E-state index in [2.05, 4.69) is 27.6 Å². The summed E-state index contributed by atoms with van der Waals surface area (Å²) in [6, 6.07) is 4.72. The summed E-state index contributed by atoms with van der Waals surface area (Å²) in [4.78, 5) is 46.7. The third kappa shape index (κ3) is 6.92. The Hall–Kier alpha value is -4.05. The van der Waals surface area contributed by atoms with Gasteiger partial charge in [-0.2, -0.15) is 12.7 Å². The summed E-state index contributed by atoms with van der Waals surface area (Å²) in [6.07, 6.45) is 3.24. The summed E-state index contributed by atoms with van der Waals surface area (Å²) in [6.45, 7) is 9.37. The molecule has 2 amide bonds. The Morgan fingerprint density at radius 1 is 1.04 bits per heavy atom. The van der Waals surface area contributed by atoms with Gasteiger partial charge in [-0.25, -0.2) is 13.9 Å². The van der Waals surface area contributed by atoms with Gasteiger partial charge in [-0.1, -0.05) is 0 Å². The van der Waals surface area contributed by atoms with Gasteiger partial charge in [-0.05, 0) is 94.7 Å². The summed E-state index contributed by atoms with van der Waals surface area (Å²) in [7, 11) is -0.389. The summed E-state index contributed by atoms with van der Waals surface area (Å²) >= 11 is 0. The predicted octanol–water partition coefficient (Wildman–Crippen LogP) is 3.62. The molecule has 15 heteroatoms. The summed E-state index contributed by atoms with van der Waals surface area (Å²) in [5.74, 6) is -2.81. The molecular formula is C38H48FN5O8S. The van der Waals surface area contributed by atoms with Crippen LogP contribution in [0.1, 0.15) is 69.2 Å². The van der Waals surface area contributed by atoms with Crippen molar-refractivity contribution in [3.05, 3.63) is 67.8 Å². The zero-order valence-corrected chi connectivity index (χ0v) is 31.8. The van der Waals surface area contributed by atoms with Crippen molar-refractivity contribution in [3.63, 3.8) is 0 Å². The molecule has 2 bridgehead atoms. The highest BCUT2D eigenvalue weighted by atomic mass is 32.2. The maximum atomic E-state index is 16.1. The molecule has 1 N–H and O–H groups in total. The van der Waals surface area contributed by atoms with Crippen LogP contribution in [0.3, 0.4) is 0 Å². The summed E-state index contributed by atoms with van der Waals surface area (Å²) in [5, 5.41) is 0.850. The van der Waals surface area contributed by atoms with E-state index in [0.29, 0.717) is 37.3 Å². The van der Waals surface area contributed by atoms with Gasteiger partial charge in [0.15, 0.2) is 11.6 Å². The van der Waals surface area contributed by atoms with E-state index >= 15 is 4.39 Å². The third-order valence-electron chi connectivity index (χ3n) is 11.5. The molecule has 7 rings (SSSR count). The van der Waals surface area contributed by atoms with E-state index in [1.807, 2.05) is 13.8 Å². The van der Waals surface area contributed by atoms with Crippen LogP contribution in [0.15, 0.2) is 27.4 Å². The van der Waals surface area contributed by atoms with Crippen molar-refractivity contribution in [2.24, 2.45) is 11.8 Å². The Morgan fingerprint density at radius 3 is 2.45 bits per heavy atom. The minimum atomic E-state index is -4.18. The zero-order chi connectivity index (χ0) is 37.8. The quantitative estimate of drug-likeness (QED) is 0.322. The summed E-state index contributed by atoms with van der Waals surface area (Å²) in [5.41, 5.74) is 3.27. The molecule has 4 heterocycles. The molecule has 1 saturated carbocycles. The molecule has 3 atom stereocenters. The largest absolute Gasteiger partial charge is 0.490 e. The molecule has 3 aliphatic heterocycles. The first-order valence-corrected chi connectivity index (χ1v) is 19.8. The molecule has 1 aromatic heterocycles. The van der Waals surface area contributed by atoms with Crippen LogP contribution in [0.2, 0.25) is 0 Å². The highest BCUT2D eigenvalue weighted by molar-refractivity contribution is 7.87. The third-order valence-corrected chi connectivity index (χ3v) is 13.0. The number of nitrogens with one attached hydrogen (secondary N) is 1. The van der Waals surface area contributed by atoms with Gasteiger partial charge in [0.05, 0.1) is 42.5 Å². The van der Waals surface area contributed by atoms with Crippen molar-refractivity contribution in [1.29, 1.82) is 0 Å². The van der Waals surface area contributed by atoms with Crippen LogP contribution in [0.5, 0.6) is 5.75 Å². The minimum absolute atomic E-state index is 0.0364. The number of halogens is 1. The number of fused-ring (bicyclic) bond motifs is 5. The van der Waals surface area contributed by atoms with Crippen LogP contribution in [0.25, 0.3) is 11.0 Å². The number of hydrogen-bond donors (Lipinski definition) is 1. The number of rotatable bonds is 9. The van der Waals surface area contributed by atoms with Crippen LogP contribution in [-0.2, 0) is 27.9 Å². The smallest absolute Gasteiger partial charge is 0.341 e. The number of nitrogens with zero attached hydrogens (tertiary/aromatic N) is 4. The van der Waals surface area contributed by atoms with Crippen molar-refractivity contribution in [1.82, 2.24) is 18.8 Å². The van der Waals surface area contributed by atoms with Gasteiger partial charge >= 0.3 is 15.8 Å². The zero-order valence-electron chi connectivity index (χ0n) is 31.0. The molecule has 1 aliphatic carbocycles. The van der Waals surface area contributed by atoms with Gasteiger partial charge in [-0.3, -0.25) is 14.5 Å². The first-order valence-electron chi connectivity index (χ1n) is 18.4. The maximum absolute atomic E-state index is 16.1. The molecule has 0 radical (unpaired) electrons. The number of likely N-dealkylation sites (N-methyl/N-ethyl adjacent to an activating group) is 1. The lowest BCUT2D eigenvalue weighted by Crippen LogP contribution is -2.53. The fraction of sp³-hybridized carbons (Fsp3) is 0.553. The first kappa shape index (κ1) is 37.3. The Morgan fingerprint density at radius 2 is 1.75 bits per heavy atom. The van der Waals surface area contributed by atoms with Gasteiger partial charge in [0.25, 0.3) is 11.8 Å². The number of piperazine rings is 1. The van der Waals surface area contributed by atoms with Crippen LogP contribution < -0.4 is 20.0 Å². The van der Waals surface area contributed by atoms with Crippen LogP contribution >= 0.6 is 0 Å². The number of benzene rings is 2. The van der Waals surface area contributed by atoms with Crippen molar-refractivity contribution < 1.29 is 36.3 Å². The molecule has 286 valence electrons. The van der Waals surface area contributed by atoms with E-state index in [1.54, 1.807) is 14.0 Å². The Balaban J connectivity index is 1.13. The number of amides is 2. The molecule has 13 nitrogen and oxygen atoms in total. The van der Waals surface area contributed by atoms with Crippen LogP contribution in [-0.4, -0.2) is 107 Å². The second kappa shape index (κ2) is 14.6. The second-order valence-electron chi connectivity index (χ2n) is 14.9. The van der Waals surface area contributed by atoms with E-state index < -0.39 is 39.2 Å². The van der Waals surface area contributed by atoms with Crippen LogP contribution in [0.4, 0.5) is 10.1 Å². The normalized spacial score (nSPS) is 22.3. The average molecular weight is 754 g/mol. The molecule has 3 fully saturated rings. The minimum Gasteiger partial charge on any atom is -0.490 e. The predicted molar refractivity (Wildman–Crippen MR) is 197 cm³/mol. The second-order valence-corrected chi connectivity index (χ2v) is 16.6. The van der Waals surface area contributed by atoms with Crippen molar-refractivity contribution in [2.75, 3.05) is 71.5 Å². The van der Waals surface area contributed by atoms with E-state index in [9.17, 15) is 22.8 Å².